The zero-order valence-electron chi connectivity index (χ0n) is 79.4. The number of benzene rings is 11. The highest BCUT2D eigenvalue weighted by molar-refractivity contribution is 8.40. The molecule has 0 saturated heterocycles. The number of hydrogen-bond donors (Lipinski definition) is 1. The number of rotatable bonds is 56. The van der Waals surface area contributed by atoms with E-state index in [1.54, 1.807) is 56.6 Å². The molecule has 0 N–H and O–H groups in total. The molecule has 0 saturated carbocycles. The van der Waals surface area contributed by atoms with Crippen LogP contribution in [0.3, 0.4) is 0 Å². The number of thiol groups is 1. The van der Waals surface area contributed by atoms with E-state index in [2.05, 4.69) is 187 Å². The molecular formula is C111H125NO18S6. The molecule has 11 aromatic carbocycles. The zero-order valence-corrected chi connectivity index (χ0v) is 84.4. The molecule has 136 heavy (non-hydrogen) atoms. The predicted molar refractivity (Wildman–Crippen MR) is 554 cm³/mol. The Kier molecular flexibility index (Phi) is 39.3. The van der Waals surface area contributed by atoms with Crippen molar-refractivity contribution in [3.8, 4) is 57.5 Å². The van der Waals surface area contributed by atoms with Crippen molar-refractivity contribution in [2.45, 2.75) is 114 Å². The summed E-state index contributed by atoms with van der Waals surface area (Å²) in [6.45, 7) is 26.1. The van der Waals surface area contributed by atoms with E-state index in [-0.39, 0.29) is 37.3 Å². The Labute approximate surface area is 828 Å². The molecule has 0 spiro atoms. The summed E-state index contributed by atoms with van der Waals surface area (Å²) in [5, 5.41) is 1.94. The van der Waals surface area contributed by atoms with Gasteiger partial charge in [-0.1, -0.05) is 253 Å². The first kappa shape index (κ1) is 102. The fraction of sp³-hybridized carbons (Fsp3) is 0.351. The largest absolute Gasteiger partial charge is 0.491 e. The quantitative estimate of drug-likeness (QED) is 0.0217. The first-order valence-corrected chi connectivity index (χ1v) is 50.9. The highest BCUT2D eigenvalue weighted by atomic mass is 32.2. The number of nitrogens with zero attached hydrogens (tertiary/aromatic N) is 1. The second-order valence-electron chi connectivity index (χ2n) is 34.5. The molecule has 1 aromatic heterocycles. The van der Waals surface area contributed by atoms with Crippen LogP contribution in [0.5, 0.6) is 57.5 Å². The number of aryl methyl sites for hydroxylation is 1. The van der Waals surface area contributed by atoms with Crippen molar-refractivity contribution in [2.75, 3.05) is 153 Å². The number of hydrogen-bond acceptors (Lipinski definition) is 24. The van der Waals surface area contributed by atoms with Crippen LogP contribution in [0.1, 0.15) is 115 Å². The summed E-state index contributed by atoms with van der Waals surface area (Å²) < 4.78 is 115. The van der Waals surface area contributed by atoms with E-state index in [1.165, 1.54) is 55.9 Å². The van der Waals surface area contributed by atoms with Crippen LogP contribution in [0.4, 0.5) is 0 Å². The molecule has 0 amide bonds. The monoisotopic (exact) mass is 1950 g/mol. The number of ether oxygens (including phenoxy) is 18. The van der Waals surface area contributed by atoms with Gasteiger partial charge in [-0.3, -0.25) is 0 Å². The Morgan fingerprint density at radius 1 is 0.301 bits per heavy atom. The van der Waals surface area contributed by atoms with Crippen molar-refractivity contribution in [2.24, 2.45) is 0 Å². The lowest BCUT2D eigenvalue weighted by atomic mass is 9.64. The summed E-state index contributed by atoms with van der Waals surface area (Å²) in [6, 6.07) is 84.1. The average Bonchev–Trinajstić information content (AvgIpc) is 0.730. The van der Waals surface area contributed by atoms with E-state index >= 15 is 0 Å². The summed E-state index contributed by atoms with van der Waals surface area (Å²) in [5.41, 5.74) is 12.9. The van der Waals surface area contributed by atoms with Gasteiger partial charge < -0.3 is 89.8 Å². The Bertz CT molecular complexity index is 5580. The maximum absolute atomic E-state index is 6.75. The molecule has 0 atom stereocenters. The van der Waals surface area contributed by atoms with E-state index in [1.807, 2.05) is 145 Å². The molecule has 2 aliphatic heterocycles. The van der Waals surface area contributed by atoms with Gasteiger partial charge in [-0.05, 0) is 169 Å². The minimum absolute atomic E-state index is 0.0204. The lowest BCUT2D eigenvalue weighted by Gasteiger charge is -2.38. The van der Waals surface area contributed by atoms with E-state index in [4.69, 9.17) is 97.9 Å². The number of aromatic nitrogens is 1. The van der Waals surface area contributed by atoms with Crippen LogP contribution in [0.15, 0.2) is 282 Å². The Morgan fingerprint density at radius 3 is 1.04 bits per heavy atom. The van der Waals surface area contributed by atoms with Gasteiger partial charge in [0.1, 0.15) is 106 Å². The van der Waals surface area contributed by atoms with E-state index in [9.17, 15) is 0 Å². The van der Waals surface area contributed by atoms with Crippen molar-refractivity contribution >= 4 is 82.2 Å². The lowest BCUT2D eigenvalue weighted by molar-refractivity contribution is 0.0544. The average molecular weight is 1950 g/mol. The van der Waals surface area contributed by atoms with E-state index in [0.29, 0.717) is 155 Å². The normalized spacial score (nSPS) is 12.8. The van der Waals surface area contributed by atoms with Crippen LogP contribution in [-0.4, -0.2) is 157 Å². The van der Waals surface area contributed by atoms with Crippen molar-refractivity contribution < 1.29 is 85.3 Å². The molecule has 0 radical (unpaired) electrons. The minimum Gasteiger partial charge on any atom is -0.491 e. The summed E-state index contributed by atoms with van der Waals surface area (Å²) >= 11 is 13.9. The first-order valence-electron chi connectivity index (χ1n) is 46.2. The van der Waals surface area contributed by atoms with Gasteiger partial charge in [0, 0.05) is 66.6 Å². The van der Waals surface area contributed by atoms with Crippen molar-refractivity contribution in [1.82, 2.24) is 4.57 Å². The van der Waals surface area contributed by atoms with Crippen LogP contribution < -0.4 is 47.4 Å². The predicted octanol–water partition coefficient (Wildman–Crippen LogP) is 24.8. The number of methoxy groups -OCH3 is 3. The molecule has 2 aliphatic rings. The van der Waals surface area contributed by atoms with E-state index < -0.39 is 5.41 Å². The van der Waals surface area contributed by atoms with Gasteiger partial charge in [0.05, 0.1) is 108 Å². The number of fused-ring (bicyclic) bond motifs is 2. The molecule has 19 nitrogen and oxygen atoms in total. The minimum atomic E-state index is -0.591. The van der Waals surface area contributed by atoms with Crippen molar-refractivity contribution in [1.29, 1.82) is 0 Å². The molecular weight excluding hydrogens is 1830 g/mol. The van der Waals surface area contributed by atoms with Crippen molar-refractivity contribution in [3.05, 3.63) is 339 Å². The molecule has 14 rings (SSSR count). The SMILES string of the molecule is CCc1ccc(C(c2ccc(OCCOCCOc3cccc4c(OCCOCCSC5=C(S)SC(=C6Sc7cn(Cc8ccc(OCc9cc(OCc%10ccc(OCCOCCOC)cc%10)c(OCc%10ccc(OCCOCCOC)cc%10)c(OCc%10ccc(OCCOCCOC)cc%10)c9)cc8)cc7S6)S5)cccc34)cc2)(c2ccc(C(C)(C)C)cc2)c2ccc(C(C)(C)C)cc2)cc1. The van der Waals surface area contributed by atoms with Crippen LogP contribution in [0.2, 0.25) is 0 Å². The Hall–Kier alpha value is -9.78. The van der Waals surface area contributed by atoms with Gasteiger partial charge >= 0.3 is 0 Å². The van der Waals surface area contributed by atoms with Crippen LogP contribution in [0.25, 0.3) is 10.8 Å². The summed E-state index contributed by atoms with van der Waals surface area (Å²) in [7, 11) is 4.95. The second-order valence-corrected chi connectivity index (χ2v) is 41.2. The van der Waals surface area contributed by atoms with Gasteiger partial charge in [-0.15, -0.1) is 24.4 Å². The Morgan fingerprint density at radius 2 is 0.632 bits per heavy atom. The maximum atomic E-state index is 6.75. The highest BCUT2D eigenvalue weighted by Gasteiger charge is 2.40. The maximum Gasteiger partial charge on any atom is 0.203 e. The standard InChI is InChI=1S/C111H125NO18S6/c1-11-79-18-28-87(29-19-79)111(88-34-30-85(31-35-88)109(2,3)4,89-36-32-86(33-37-89)110(5,6)7)90-38-48-94(49-39-90)124-65-59-119-60-66-125-98-16-12-15-97-96(98)14-13-17-99(97)126-67-61-120-68-69-132-106-105(131)135-108(136-106)107-133-102-73-112(74-103(102)134-107)72-80-20-40-95(41-21-80)127-78-84-70-100(128-75-81-22-42-91(43-23-81)121-62-56-116-53-50-113-8)104(130-77-83-26-46-93(47-27-83)123-64-58-118-55-52-115-10)101(71-84)129-76-82-24-44-92(45-25-82)122-63-57-117-54-51-114-9/h12-49,70-71,73-74,131H,11,50-69,72,75-78H2,1-10H3. The van der Waals surface area contributed by atoms with Crippen molar-refractivity contribution in [3.63, 3.8) is 0 Å². The molecule has 0 fully saturated rings. The number of thioether (sulfide) groups is 5. The zero-order chi connectivity index (χ0) is 94.7. The van der Waals surface area contributed by atoms with Gasteiger partial charge in [-0.25, -0.2) is 0 Å². The molecule has 25 heteroatoms. The third kappa shape index (κ3) is 29.6. The molecule has 12 aromatic rings. The topological polar surface area (TPSA) is 171 Å². The van der Waals surface area contributed by atoms with Gasteiger partial charge in [-0.2, -0.15) is 0 Å². The van der Waals surface area contributed by atoms with Gasteiger partial charge in [0.2, 0.25) is 5.75 Å². The molecule has 0 bridgehead atoms. The van der Waals surface area contributed by atoms with Crippen LogP contribution in [-0.2, 0) is 93.5 Å². The Balaban J connectivity index is 0.528. The summed E-state index contributed by atoms with van der Waals surface area (Å²) in [6.07, 6.45) is 5.46. The third-order valence-electron chi connectivity index (χ3n) is 22.7. The molecule has 0 aliphatic carbocycles. The summed E-state index contributed by atoms with van der Waals surface area (Å²) in [4.78, 5) is 2.48. The van der Waals surface area contributed by atoms with E-state index in [0.717, 1.165) is 95.1 Å². The van der Waals surface area contributed by atoms with Gasteiger partial charge in [0.25, 0.3) is 0 Å². The third-order valence-corrected chi connectivity index (χ3v) is 30.2. The van der Waals surface area contributed by atoms with Crippen LogP contribution in [0, 0.1) is 0 Å². The lowest BCUT2D eigenvalue weighted by Crippen LogP contribution is -2.31. The molecule has 3 heterocycles. The summed E-state index contributed by atoms with van der Waals surface area (Å²) in [5.74, 6) is 7.40. The molecule has 0 unspecified atom stereocenters. The molecule has 718 valence electrons. The van der Waals surface area contributed by atoms with Gasteiger partial charge in [0.15, 0.2) is 11.5 Å². The first-order chi connectivity index (χ1) is 66.4. The fourth-order valence-electron chi connectivity index (χ4n) is 15.3. The fourth-order valence-corrected chi connectivity index (χ4v) is 22.6. The van der Waals surface area contributed by atoms with Crippen LogP contribution >= 0.6 is 71.4 Å². The highest BCUT2D eigenvalue weighted by Crippen LogP contribution is 2.63. The second kappa shape index (κ2) is 52.3. The smallest absolute Gasteiger partial charge is 0.203 e.